The van der Waals surface area contributed by atoms with E-state index in [1.165, 1.54) is 32.4 Å². The maximum atomic E-state index is 4.32. The van der Waals surface area contributed by atoms with Crippen molar-refractivity contribution >= 4 is 0 Å². The van der Waals surface area contributed by atoms with Gasteiger partial charge in [-0.15, -0.1) is 0 Å². The number of hydrogen-bond acceptors (Lipinski definition) is 4. The third-order valence-corrected chi connectivity index (χ3v) is 3.19. The zero-order valence-corrected chi connectivity index (χ0v) is 10.7. The highest BCUT2D eigenvalue weighted by Crippen LogP contribution is 2.07. The van der Waals surface area contributed by atoms with E-state index in [1.54, 1.807) is 0 Å². The summed E-state index contributed by atoms with van der Waals surface area (Å²) in [6.07, 6.45) is 7.81. The van der Waals surface area contributed by atoms with Crippen molar-refractivity contribution in [3.63, 3.8) is 0 Å². The summed E-state index contributed by atoms with van der Waals surface area (Å²) in [4.78, 5) is 11.1. The van der Waals surface area contributed by atoms with Crippen molar-refractivity contribution in [1.29, 1.82) is 0 Å². The molecule has 1 aliphatic heterocycles. The van der Waals surface area contributed by atoms with E-state index in [0.29, 0.717) is 0 Å². The molecule has 2 heterocycles. The van der Waals surface area contributed by atoms with Crippen molar-refractivity contribution in [2.75, 3.05) is 26.2 Å². The topological polar surface area (TPSA) is 41.1 Å². The predicted molar refractivity (Wildman–Crippen MR) is 68.8 cm³/mol. The summed E-state index contributed by atoms with van der Waals surface area (Å²) < 4.78 is 0. The predicted octanol–water partition coefficient (Wildman–Crippen LogP) is 1.36. The number of likely N-dealkylation sites (tertiary alicyclic amines) is 1. The first-order chi connectivity index (χ1) is 8.34. The second kappa shape index (κ2) is 6.67. The summed E-state index contributed by atoms with van der Waals surface area (Å²) in [5.41, 5.74) is 2.00. The van der Waals surface area contributed by atoms with Crippen molar-refractivity contribution in [3.8, 4) is 0 Å². The van der Waals surface area contributed by atoms with Gasteiger partial charge in [-0.3, -0.25) is 9.97 Å². The molecular weight excluding hydrogens is 212 g/mol. The van der Waals surface area contributed by atoms with Crippen LogP contribution in [0.1, 0.15) is 30.7 Å². The van der Waals surface area contributed by atoms with Crippen LogP contribution in [0.3, 0.4) is 0 Å². The Balaban J connectivity index is 1.60. The van der Waals surface area contributed by atoms with Gasteiger partial charge in [0.05, 0.1) is 11.4 Å². The van der Waals surface area contributed by atoms with Gasteiger partial charge >= 0.3 is 0 Å². The quantitative estimate of drug-likeness (QED) is 0.781. The Hall–Kier alpha value is -1.00. The first kappa shape index (κ1) is 12.5. The number of hydrogen-bond donors (Lipinski definition) is 1. The Labute approximate surface area is 103 Å². The van der Waals surface area contributed by atoms with Gasteiger partial charge in [-0.25, -0.2) is 0 Å². The third kappa shape index (κ3) is 4.40. The molecule has 0 spiro atoms. The standard InChI is InChI=1S/C13H22N4/c1-12-9-16-13(11-15-12)10-14-5-8-17-6-3-2-4-7-17/h9,11,14H,2-8,10H2,1H3. The second-order valence-corrected chi connectivity index (χ2v) is 4.73. The molecule has 94 valence electrons. The number of aryl methyl sites for hydroxylation is 1. The van der Waals surface area contributed by atoms with E-state index in [-0.39, 0.29) is 0 Å². The lowest BCUT2D eigenvalue weighted by atomic mass is 10.1. The zero-order valence-electron chi connectivity index (χ0n) is 10.7. The zero-order chi connectivity index (χ0) is 11.9. The van der Waals surface area contributed by atoms with Crippen molar-refractivity contribution in [3.05, 3.63) is 23.8 Å². The van der Waals surface area contributed by atoms with Crippen molar-refractivity contribution in [1.82, 2.24) is 20.2 Å². The molecule has 1 saturated heterocycles. The fourth-order valence-electron chi connectivity index (χ4n) is 2.15. The molecule has 2 rings (SSSR count). The van der Waals surface area contributed by atoms with E-state index in [1.807, 2.05) is 19.3 Å². The molecule has 0 atom stereocenters. The van der Waals surface area contributed by atoms with Crippen LogP contribution >= 0.6 is 0 Å². The Kier molecular flexibility index (Phi) is 4.88. The van der Waals surface area contributed by atoms with E-state index in [2.05, 4.69) is 20.2 Å². The van der Waals surface area contributed by atoms with E-state index in [4.69, 9.17) is 0 Å². The molecule has 0 unspecified atom stereocenters. The highest BCUT2D eigenvalue weighted by Gasteiger charge is 2.08. The molecule has 0 aliphatic carbocycles. The average Bonchev–Trinajstić information content (AvgIpc) is 2.38. The van der Waals surface area contributed by atoms with Crippen molar-refractivity contribution < 1.29 is 0 Å². The molecule has 1 aliphatic rings. The lowest BCUT2D eigenvalue weighted by Gasteiger charge is -2.26. The van der Waals surface area contributed by atoms with E-state index in [0.717, 1.165) is 31.0 Å². The third-order valence-electron chi connectivity index (χ3n) is 3.19. The van der Waals surface area contributed by atoms with Gasteiger partial charge in [0.1, 0.15) is 0 Å². The molecule has 0 saturated carbocycles. The molecule has 1 aromatic rings. The number of aromatic nitrogens is 2. The van der Waals surface area contributed by atoms with Gasteiger partial charge in [0, 0.05) is 32.0 Å². The summed E-state index contributed by atoms with van der Waals surface area (Å²) in [5, 5.41) is 3.42. The van der Waals surface area contributed by atoms with Gasteiger partial charge in [0.15, 0.2) is 0 Å². The lowest BCUT2D eigenvalue weighted by Crippen LogP contribution is -2.35. The van der Waals surface area contributed by atoms with Gasteiger partial charge in [0.25, 0.3) is 0 Å². The Morgan fingerprint density at radius 2 is 2.00 bits per heavy atom. The van der Waals surface area contributed by atoms with E-state index < -0.39 is 0 Å². The largest absolute Gasteiger partial charge is 0.310 e. The fraction of sp³-hybridized carbons (Fsp3) is 0.692. The fourth-order valence-corrected chi connectivity index (χ4v) is 2.15. The van der Waals surface area contributed by atoms with Crippen LogP contribution in [0.15, 0.2) is 12.4 Å². The monoisotopic (exact) mass is 234 g/mol. The minimum Gasteiger partial charge on any atom is -0.310 e. The Bertz CT molecular complexity index is 317. The van der Waals surface area contributed by atoms with Crippen molar-refractivity contribution in [2.45, 2.75) is 32.7 Å². The first-order valence-corrected chi connectivity index (χ1v) is 6.55. The molecular formula is C13H22N4. The molecule has 0 amide bonds. The molecule has 0 radical (unpaired) electrons. The Morgan fingerprint density at radius 3 is 2.71 bits per heavy atom. The maximum absolute atomic E-state index is 4.32. The number of nitrogens with zero attached hydrogens (tertiary/aromatic N) is 3. The van der Waals surface area contributed by atoms with Gasteiger partial charge in [-0.2, -0.15) is 0 Å². The second-order valence-electron chi connectivity index (χ2n) is 4.73. The van der Waals surface area contributed by atoms with Gasteiger partial charge in [-0.1, -0.05) is 6.42 Å². The molecule has 0 bridgehead atoms. The minimum absolute atomic E-state index is 0.821. The van der Waals surface area contributed by atoms with Crippen LogP contribution in [-0.2, 0) is 6.54 Å². The van der Waals surface area contributed by atoms with Crippen LogP contribution in [0.5, 0.6) is 0 Å². The molecule has 0 aromatic carbocycles. The molecule has 4 nitrogen and oxygen atoms in total. The molecule has 1 N–H and O–H groups in total. The SMILES string of the molecule is Cc1cnc(CNCCN2CCCCC2)cn1. The van der Waals surface area contributed by atoms with E-state index >= 15 is 0 Å². The highest BCUT2D eigenvalue weighted by atomic mass is 15.1. The summed E-state index contributed by atoms with van der Waals surface area (Å²) in [6, 6.07) is 0. The van der Waals surface area contributed by atoms with E-state index in [9.17, 15) is 0 Å². The molecule has 1 fully saturated rings. The first-order valence-electron chi connectivity index (χ1n) is 6.55. The van der Waals surface area contributed by atoms with Crippen LogP contribution in [0.4, 0.5) is 0 Å². The molecule has 1 aromatic heterocycles. The smallest absolute Gasteiger partial charge is 0.0724 e. The number of rotatable bonds is 5. The van der Waals surface area contributed by atoms with Crippen LogP contribution in [-0.4, -0.2) is 41.0 Å². The summed E-state index contributed by atoms with van der Waals surface area (Å²) in [6.45, 7) is 7.51. The highest BCUT2D eigenvalue weighted by molar-refractivity contribution is 5.00. The molecule has 4 heteroatoms. The van der Waals surface area contributed by atoms with Crippen molar-refractivity contribution in [2.24, 2.45) is 0 Å². The van der Waals surface area contributed by atoms with Crippen LogP contribution in [0, 0.1) is 6.92 Å². The minimum atomic E-state index is 0.821. The summed E-state index contributed by atoms with van der Waals surface area (Å²) in [5.74, 6) is 0. The Morgan fingerprint density at radius 1 is 1.18 bits per heavy atom. The number of piperidine rings is 1. The van der Waals surface area contributed by atoms with Crippen LogP contribution in [0.2, 0.25) is 0 Å². The van der Waals surface area contributed by atoms with Gasteiger partial charge in [-0.05, 0) is 32.9 Å². The lowest BCUT2D eigenvalue weighted by molar-refractivity contribution is 0.229. The van der Waals surface area contributed by atoms with Gasteiger partial charge < -0.3 is 10.2 Å². The van der Waals surface area contributed by atoms with Gasteiger partial charge in [0.2, 0.25) is 0 Å². The summed E-state index contributed by atoms with van der Waals surface area (Å²) in [7, 11) is 0. The maximum Gasteiger partial charge on any atom is 0.0724 e. The average molecular weight is 234 g/mol. The van der Waals surface area contributed by atoms with Crippen LogP contribution in [0.25, 0.3) is 0 Å². The van der Waals surface area contributed by atoms with Crippen LogP contribution < -0.4 is 5.32 Å². The normalized spacial score (nSPS) is 17.2. The molecule has 17 heavy (non-hydrogen) atoms. The summed E-state index contributed by atoms with van der Waals surface area (Å²) >= 11 is 0. The number of nitrogens with one attached hydrogen (secondary N) is 1.